The molecule has 2 aromatic heterocycles. The fraction of sp³-hybridized carbons (Fsp3) is 0.200. The Kier molecular flexibility index (Phi) is 5.53. The second-order valence-corrected chi connectivity index (χ2v) is 5.90. The predicted octanol–water partition coefficient (Wildman–Crippen LogP) is 3.61. The minimum Gasteiger partial charge on any atom is -0.350 e. The molecule has 26 heavy (non-hydrogen) atoms. The molecule has 0 aliphatic rings. The van der Waals surface area contributed by atoms with Gasteiger partial charge < -0.3 is 10.6 Å². The summed E-state index contributed by atoms with van der Waals surface area (Å²) in [5, 5.41) is 6.09. The van der Waals surface area contributed by atoms with Crippen LogP contribution in [0.15, 0.2) is 55.0 Å². The van der Waals surface area contributed by atoms with Gasteiger partial charge in [0, 0.05) is 30.8 Å². The number of benzene rings is 1. The molecule has 2 heterocycles. The van der Waals surface area contributed by atoms with Gasteiger partial charge in [-0.2, -0.15) is 0 Å². The Morgan fingerprint density at radius 3 is 2.77 bits per heavy atom. The fourth-order valence-electron chi connectivity index (χ4n) is 2.63. The van der Waals surface area contributed by atoms with Crippen molar-refractivity contribution in [3.63, 3.8) is 0 Å². The normalized spacial score (nSPS) is 10.4. The average molecular weight is 347 g/mol. The third-order valence-corrected chi connectivity index (χ3v) is 4.04. The molecular formula is C20H21N5O. The number of para-hydroxylation sites is 1. The van der Waals surface area contributed by atoms with Gasteiger partial charge in [-0.25, -0.2) is 9.97 Å². The van der Waals surface area contributed by atoms with Crippen LogP contribution in [0.25, 0.3) is 0 Å². The molecule has 0 aliphatic carbocycles. The van der Waals surface area contributed by atoms with Gasteiger partial charge in [0.25, 0.3) is 5.91 Å². The van der Waals surface area contributed by atoms with Crippen molar-refractivity contribution in [2.24, 2.45) is 0 Å². The molecule has 6 heteroatoms. The maximum atomic E-state index is 12.6. The van der Waals surface area contributed by atoms with Crippen LogP contribution in [0.5, 0.6) is 0 Å². The Morgan fingerprint density at radius 2 is 2.00 bits per heavy atom. The number of pyridine rings is 1. The Labute approximate surface area is 152 Å². The lowest BCUT2D eigenvalue weighted by Gasteiger charge is -2.13. The number of rotatable bonds is 6. The predicted molar refractivity (Wildman–Crippen MR) is 102 cm³/mol. The molecule has 0 bridgehead atoms. The second-order valence-electron chi connectivity index (χ2n) is 5.90. The van der Waals surface area contributed by atoms with E-state index >= 15 is 0 Å². The molecule has 6 nitrogen and oxygen atoms in total. The molecule has 0 saturated heterocycles. The average Bonchev–Trinajstić information content (AvgIpc) is 2.69. The van der Waals surface area contributed by atoms with Gasteiger partial charge in [-0.15, -0.1) is 0 Å². The number of anilines is 2. The smallest absolute Gasteiger partial charge is 0.274 e. The lowest BCUT2D eigenvalue weighted by molar-refractivity contribution is 0.102. The van der Waals surface area contributed by atoms with E-state index in [1.54, 1.807) is 24.7 Å². The Bertz CT molecular complexity index is 896. The fourth-order valence-corrected chi connectivity index (χ4v) is 2.63. The Morgan fingerprint density at radius 1 is 1.12 bits per heavy atom. The zero-order valence-corrected chi connectivity index (χ0v) is 14.9. The standard InChI is InChI=1S/C20H21N5O/c1-3-16-8-4-6-14(2)18(16)25-19(26)17-9-11-22-20(24-17)23-13-15-7-5-10-21-12-15/h4-12H,3,13H2,1-2H3,(H,25,26)(H,22,23,24). The van der Waals surface area contributed by atoms with Gasteiger partial charge in [0.2, 0.25) is 5.95 Å². The number of carbonyl (C=O) groups excluding carboxylic acids is 1. The molecule has 0 saturated carbocycles. The summed E-state index contributed by atoms with van der Waals surface area (Å²) < 4.78 is 0. The molecule has 0 spiro atoms. The first-order chi connectivity index (χ1) is 12.7. The minimum atomic E-state index is -0.249. The molecular weight excluding hydrogens is 326 g/mol. The molecule has 0 atom stereocenters. The summed E-state index contributed by atoms with van der Waals surface area (Å²) in [6.07, 6.45) is 5.92. The molecule has 3 rings (SSSR count). The summed E-state index contributed by atoms with van der Waals surface area (Å²) >= 11 is 0. The van der Waals surface area contributed by atoms with Crippen LogP contribution in [0.4, 0.5) is 11.6 Å². The van der Waals surface area contributed by atoms with Crippen molar-refractivity contribution in [1.29, 1.82) is 0 Å². The molecule has 0 fully saturated rings. The molecule has 1 amide bonds. The lowest BCUT2D eigenvalue weighted by atomic mass is 10.1. The van der Waals surface area contributed by atoms with Gasteiger partial charge in [0.15, 0.2) is 0 Å². The number of hydrogen-bond donors (Lipinski definition) is 2. The highest BCUT2D eigenvalue weighted by atomic mass is 16.1. The zero-order valence-electron chi connectivity index (χ0n) is 14.9. The third-order valence-electron chi connectivity index (χ3n) is 4.04. The molecule has 2 N–H and O–H groups in total. The van der Waals surface area contributed by atoms with Crippen molar-refractivity contribution in [3.05, 3.63) is 77.4 Å². The highest BCUT2D eigenvalue weighted by Gasteiger charge is 2.12. The number of nitrogens with one attached hydrogen (secondary N) is 2. The number of amides is 1. The van der Waals surface area contributed by atoms with Crippen LogP contribution in [0.1, 0.15) is 34.1 Å². The van der Waals surface area contributed by atoms with Crippen LogP contribution in [-0.2, 0) is 13.0 Å². The third kappa shape index (κ3) is 4.22. The molecule has 1 aromatic carbocycles. The maximum Gasteiger partial charge on any atom is 0.274 e. The summed E-state index contributed by atoms with van der Waals surface area (Å²) in [6.45, 7) is 4.59. The number of carbonyl (C=O) groups is 1. The minimum absolute atomic E-state index is 0.249. The van der Waals surface area contributed by atoms with E-state index in [0.717, 1.165) is 28.8 Å². The quantitative estimate of drug-likeness (QED) is 0.712. The summed E-state index contributed by atoms with van der Waals surface area (Å²) in [4.78, 5) is 25.2. The van der Waals surface area contributed by atoms with E-state index in [-0.39, 0.29) is 5.91 Å². The van der Waals surface area contributed by atoms with E-state index in [9.17, 15) is 4.79 Å². The topological polar surface area (TPSA) is 79.8 Å². The van der Waals surface area contributed by atoms with Crippen molar-refractivity contribution in [2.45, 2.75) is 26.8 Å². The van der Waals surface area contributed by atoms with Crippen molar-refractivity contribution >= 4 is 17.5 Å². The summed E-state index contributed by atoms with van der Waals surface area (Å²) in [5.74, 6) is 0.155. The second kappa shape index (κ2) is 8.20. The summed E-state index contributed by atoms with van der Waals surface area (Å²) in [6, 6.07) is 11.4. The van der Waals surface area contributed by atoms with E-state index < -0.39 is 0 Å². The van der Waals surface area contributed by atoms with Gasteiger partial charge in [-0.1, -0.05) is 31.2 Å². The monoisotopic (exact) mass is 347 g/mol. The zero-order chi connectivity index (χ0) is 18.4. The highest BCUT2D eigenvalue weighted by molar-refractivity contribution is 6.03. The van der Waals surface area contributed by atoms with Crippen molar-refractivity contribution in [1.82, 2.24) is 15.0 Å². The van der Waals surface area contributed by atoms with E-state index in [1.807, 2.05) is 37.3 Å². The first kappa shape index (κ1) is 17.5. The van der Waals surface area contributed by atoms with E-state index in [0.29, 0.717) is 18.2 Å². The molecule has 0 unspecified atom stereocenters. The van der Waals surface area contributed by atoms with E-state index in [4.69, 9.17) is 0 Å². The van der Waals surface area contributed by atoms with Crippen LogP contribution < -0.4 is 10.6 Å². The van der Waals surface area contributed by atoms with Gasteiger partial charge in [0.1, 0.15) is 5.69 Å². The van der Waals surface area contributed by atoms with Gasteiger partial charge >= 0.3 is 0 Å². The van der Waals surface area contributed by atoms with Gasteiger partial charge in [-0.3, -0.25) is 9.78 Å². The first-order valence-electron chi connectivity index (χ1n) is 8.53. The number of nitrogens with zero attached hydrogens (tertiary/aromatic N) is 3. The van der Waals surface area contributed by atoms with Crippen LogP contribution in [0.3, 0.4) is 0 Å². The van der Waals surface area contributed by atoms with Gasteiger partial charge in [-0.05, 0) is 42.2 Å². The van der Waals surface area contributed by atoms with Crippen LogP contribution in [-0.4, -0.2) is 20.9 Å². The summed E-state index contributed by atoms with van der Waals surface area (Å²) in [5.41, 5.74) is 4.31. The Balaban J connectivity index is 1.72. The molecule has 0 aliphatic heterocycles. The van der Waals surface area contributed by atoms with Crippen molar-refractivity contribution in [2.75, 3.05) is 10.6 Å². The van der Waals surface area contributed by atoms with Crippen molar-refractivity contribution < 1.29 is 4.79 Å². The van der Waals surface area contributed by atoms with Crippen LogP contribution >= 0.6 is 0 Å². The Hall–Kier alpha value is -3.28. The first-order valence-corrected chi connectivity index (χ1v) is 8.53. The van der Waals surface area contributed by atoms with Crippen LogP contribution in [0, 0.1) is 6.92 Å². The number of aromatic nitrogens is 3. The largest absolute Gasteiger partial charge is 0.350 e. The van der Waals surface area contributed by atoms with E-state index in [2.05, 4.69) is 32.5 Å². The lowest BCUT2D eigenvalue weighted by Crippen LogP contribution is -2.17. The van der Waals surface area contributed by atoms with E-state index in [1.165, 1.54) is 0 Å². The summed E-state index contributed by atoms with van der Waals surface area (Å²) in [7, 11) is 0. The van der Waals surface area contributed by atoms with Crippen molar-refractivity contribution in [3.8, 4) is 0 Å². The van der Waals surface area contributed by atoms with Crippen LogP contribution in [0.2, 0.25) is 0 Å². The number of hydrogen-bond acceptors (Lipinski definition) is 5. The number of aryl methyl sites for hydroxylation is 2. The molecule has 3 aromatic rings. The highest BCUT2D eigenvalue weighted by Crippen LogP contribution is 2.21. The van der Waals surface area contributed by atoms with Gasteiger partial charge in [0.05, 0.1) is 0 Å². The SMILES string of the molecule is CCc1cccc(C)c1NC(=O)c1ccnc(NCc2cccnc2)n1. The maximum absolute atomic E-state index is 12.6. The molecule has 0 radical (unpaired) electrons. The molecule has 132 valence electrons.